The average molecular weight is 235 g/mol. The van der Waals surface area contributed by atoms with Crippen molar-refractivity contribution in [1.29, 1.82) is 0 Å². The molecule has 1 heterocycles. The Morgan fingerprint density at radius 2 is 2.27 bits per heavy atom. The van der Waals surface area contributed by atoms with Crippen LogP contribution in [0.5, 0.6) is 5.19 Å². The van der Waals surface area contributed by atoms with Crippen LogP contribution in [0.15, 0.2) is 3.92 Å². The highest BCUT2D eigenvalue weighted by Gasteiger charge is 2.20. The first-order valence-corrected chi connectivity index (χ1v) is 5.11. The van der Waals surface area contributed by atoms with Gasteiger partial charge >= 0.3 is 0 Å². The number of nitrogens with zero attached hydrogens (tertiary/aromatic N) is 2. The van der Waals surface area contributed by atoms with E-state index in [1.165, 1.54) is 17.8 Å². The lowest BCUT2D eigenvalue weighted by Crippen LogP contribution is -2.24. The second-order valence-corrected chi connectivity index (χ2v) is 4.71. The third-order valence-electron chi connectivity index (χ3n) is 1.70. The van der Waals surface area contributed by atoms with Gasteiger partial charge in [-0.25, -0.2) is 0 Å². The first kappa shape index (κ1) is 7.49. The Balaban J connectivity index is 1.95. The van der Waals surface area contributed by atoms with Gasteiger partial charge < -0.3 is 4.74 Å². The molecule has 0 bridgehead atoms. The van der Waals surface area contributed by atoms with E-state index in [-0.39, 0.29) is 0 Å². The fraction of sp³-hybridized carbons (Fsp3) is 0.667. The molecule has 0 atom stereocenters. The second kappa shape index (κ2) is 3.06. The van der Waals surface area contributed by atoms with Crippen LogP contribution in [0.2, 0.25) is 0 Å². The molecule has 0 amide bonds. The van der Waals surface area contributed by atoms with Gasteiger partial charge in [-0.15, -0.1) is 5.10 Å². The van der Waals surface area contributed by atoms with E-state index < -0.39 is 0 Å². The summed E-state index contributed by atoms with van der Waals surface area (Å²) in [5.74, 6) is 0. The van der Waals surface area contributed by atoms with Gasteiger partial charge in [0.25, 0.3) is 5.19 Å². The van der Waals surface area contributed by atoms with Gasteiger partial charge in [-0.05, 0) is 46.5 Å². The predicted molar refractivity (Wildman–Crippen MR) is 45.9 cm³/mol. The van der Waals surface area contributed by atoms with E-state index in [1.54, 1.807) is 0 Å². The Hall–Kier alpha value is -0.160. The van der Waals surface area contributed by atoms with Crippen molar-refractivity contribution in [3.8, 4) is 5.19 Å². The molecule has 60 valence electrons. The Bertz CT molecular complexity index is 248. The summed E-state index contributed by atoms with van der Waals surface area (Å²) in [6.07, 6.45) is 4.01. The maximum Gasteiger partial charge on any atom is 0.295 e. The van der Waals surface area contributed by atoms with Crippen LogP contribution < -0.4 is 4.74 Å². The first-order valence-electron chi connectivity index (χ1n) is 3.50. The summed E-state index contributed by atoms with van der Waals surface area (Å²) in [5, 5.41) is 8.31. The normalized spacial score (nSPS) is 17.9. The Morgan fingerprint density at radius 1 is 1.45 bits per heavy atom. The van der Waals surface area contributed by atoms with Crippen molar-refractivity contribution in [2.75, 3.05) is 0 Å². The summed E-state index contributed by atoms with van der Waals surface area (Å²) in [6.45, 7) is 0. The van der Waals surface area contributed by atoms with Crippen LogP contribution >= 0.6 is 27.3 Å². The van der Waals surface area contributed by atoms with E-state index in [0.717, 1.165) is 16.8 Å². The van der Waals surface area contributed by atoms with Crippen molar-refractivity contribution < 1.29 is 4.74 Å². The summed E-state index contributed by atoms with van der Waals surface area (Å²) in [4.78, 5) is 0. The van der Waals surface area contributed by atoms with Crippen molar-refractivity contribution in [1.82, 2.24) is 10.2 Å². The zero-order chi connectivity index (χ0) is 7.68. The molecule has 0 unspecified atom stereocenters. The van der Waals surface area contributed by atoms with Crippen molar-refractivity contribution in [2.45, 2.75) is 25.4 Å². The van der Waals surface area contributed by atoms with Gasteiger partial charge in [0.1, 0.15) is 6.10 Å². The molecule has 0 N–H and O–H groups in total. The van der Waals surface area contributed by atoms with Gasteiger partial charge in [0.05, 0.1) is 0 Å². The third-order valence-corrected chi connectivity index (χ3v) is 2.95. The molecule has 1 saturated carbocycles. The molecule has 1 fully saturated rings. The number of hydrogen-bond donors (Lipinski definition) is 0. The van der Waals surface area contributed by atoms with Crippen LogP contribution in [0.4, 0.5) is 0 Å². The molecule has 1 aromatic rings. The smallest absolute Gasteiger partial charge is 0.295 e. The van der Waals surface area contributed by atoms with Crippen molar-refractivity contribution in [2.24, 2.45) is 0 Å². The lowest BCUT2D eigenvalue weighted by molar-refractivity contribution is 0.119. The molecule has 2 rings (SSSR count). The van der Waals surface area contributed by atoms with Gasteiger partial charge in [-0.2, -0.15) is 0 Å². The Morgan fingerprint density at radius 3 is 2.73 bits per heavy atom. The van der Waals surface area contributed by atoms with Crippen LogP contribution in [-0.2, 0) is 0 Å². The summed E-state index contributed by atoms with van der Waals surface area (Å²) < 4.78 is 6.27. The van der Waals surface area contributed by atoms with E-state index in [2.05, 4.69) is 26.1 Å². The van der Waals surface area contributed by atoms with Crippen molar-refractivity contribution >= 4 is 27.3 Å². The molecule has 0 saturated heterocycles. The van der Waals surface area contributed by atoms with E-state index in [1.807, 2.05) is 0 Å². The monoisotopic (exact) mass is 234 g/mol. The minimum Gasteiger partial charge on any atom is -0.466 e. The summed E-state index contributed by atoms with van der Waals surface area (Å²) in [5.41, 5.74) is 0. The quantitative estimate of drug-likeness (QED) is 0.788. The zero-order valence-corrected chi connectivity index (χ0v) is 8.19. The molecule has 1 aromatic heterocycles. The van der Waals surface area contributed by atoms with Gasteiger partial charge in [0, 0.05) is 0 Å². The molecule has 0 aliphatic heterocycles. The molecule has 0 spiro atoms. The van der Waals surface area contributed by atoms with Crippen LogP contribution in [0.25, 0.3) is 0 Å². The molecular formula is C6H7BrN2OS. The Labute approximate surface area is 76.9 Å². The van der Waals surface area contributed by atoms with Crippen molar-refractivity contribution in [3.05, 3.63) is 3.92 Å². The molecule has 1 aliphatic carbocycles. The van der Waals surface area contributed by atoms with Crippen LogP contribution in [0.3, 0.4) is 0 Å². The highest BCUT2D eigenvalue weighted by molar-refractivity contribution is 9.11. The fourth-order valence-corrected chi connectivity index (χ4v) is 1.86. The summed E-state index contributed by atoms with van der Waals surface area (Å²) in [6, 6.07) is 0. The molecule has 5 heteroatoms. The topological polar surface area (TPSA) is 35.0 Å². The molecular weight excluding hydrogens is 228 g/mol. The van der Waals surface area contributed by atoms with Gasteiger partial charge in [0.2, 0.25) is 0 Å². The standard InChI is InChI=1S/C6H7BrN2OS/c7-5-8-9-6(11-5)10-4-2-1-3-4/h4H,1-3H2. The predicted octanol–water partition coefficient (Wildman–Crippen LogP) is 2.23. The van der Waals surface area contributed by atoms with Gasteiger partial charge in [0.15, 0.2) is 3.92 Å². The van der Waals surface area contributed by atoms with E-state index in [4.69, 9.17) is 4.74 Å². The lowest BCUT2D eigenvalue weighted by atomic mass is 9.96. The molecule has 3 nitrogen and oxygen atoms in total. The maximum atomic E-state index is 5.49. The van der Waals surface area contributed by atoms with Gasteiger partial charge in [-0.3, -0.25) is 0 Å². The number of ether oxygens (including phenoxy) is 1. The lowest BCUT2D eigenvalue weighted by Gasteiger charge is -2.24. The van der Waals surface area contributed by atoms with Crippen LogP contribution in [0.1, 0.15) is 19.3 Å². The minimum atomic E-state index is 0.398. The third kappa shape index (κ3) is 1.70. The average Bonchev–Trinajstić information content (AvgIpc) is 2.27. The SMILES string of the molecule is Brc1nnc(OC2CCC2)s1. The van der Waals surface area contributed by atoms with Crippen LogP contribution in [0, 0.1) is 0 Å². The Kier molecular flexibility index (Phi) is 2.09. The minimum absolute atomic E-state index is 0.398. The maximum absolute atomic E-state index is 5.49. The van der Waals surface area contributed by atoms with E-state index in [9.17, 15) is 0 Å². The van der Waals surface area contributed by atoms with Gasteiger partial charge in [-0.1, -0.05) is 5.10 Å². The number of hydrogen-bond acceptors (Lipinski definition) is 4. The molecule has 11 heavy (non-hydrogen) atoms. The highest BCUT2D eigenvalue weighted by atomic mass is 79.9. The molecule has 1 aliphatic rings. The number of rotatable bonds is 2. The fourth-order valence-electron chi connectivity index (χ4n) is 0.872. The summed E-state index contributed by atoms with van der Waals surface area (Å²) in [7, 11) is 0. The zero-order valence-electron chi connectivity index (χ0n) is 5.79. The first-order chi connectivity index (χ1) is 5.34. The second-order valence-electron chi connectivity index (χ2n) is 2.49. The van der Waals surface area contributed by atoms with E-state index in [0.29, 0.717) is 11.3 Å². The largest absolute Gasteiger partial charge is 0.466 e. The number of aromatic nitrogens is 2. The number of halogens is 1. The van der Waals surface area contributed by atoms with Crippen LogP contribution in [-0.4, -0.2) is 16.3 Å². The summed E-state index contributed by atoms with van der Waals surface area (Å²) >= 11 is 4.66. The highest BCUT2D eigenvalue weighted by Crippen LogP contribution is 2.28. The molecule has 0 radical (unpaired) electrons. The molecule has 0 aromatic carbocycles. The van der Waals surface area contributed by atoms with Crippen molar-refractivity contribution in [3.63, 3.8) is 0 Å². The van der Waals surface area contributed by atoms with E-state index >= 15 is 0 Å².